The molecule has 0 bridgehead atoms. The Hall–Kier alpha value is -1.57. The number of hydrogen-bond acceptors (Lipinski definition) is 2. The summed E-state index contributed by atoms with van der Waals surface area (Å²) in [5, 5.41) is 0. The van der Waals surface area contributed by atoms with Gasteiger partial charge >= 0.3 is 5.97 Å². The minimum atomic E-state index is -0.0458. The molecule has 0 spiro atoms. The zero-order chi connectivity index (χ0) is 18.7. The molecule has 0 aliphatic rings. The van der Waals surface area contributed by atoms with Gasteiger partial charge in [-0.15, -0.1) is 0 Å². The number of benzene rings is 1. The lowest BCUT2D eigenvalue weighted by molar-refractivity contribution is -0.143. The monoisotopic (exact) mass is 358 g/mol. The van der Waals surface area contributed by atoms with E-state index in [4.69, 9.17) is 4.74 Å². The van der Waals surface area contributed by atoms with Crippen LogP contribution < -0.4 is 0 Å². The first kappa shape index (κ1) is 22.5. The van der Waals surface area contributed by atoms with Crippen LogP contribution in [0.3, 0.4) is 0 Å². The third-order valence-corrected chi connectivity index (χ3v) is 4.65. The molecule has 0 saturated carbocycles. The van der Waals surface area contributed by atoms with E-state index in [2.05, 4.69) is 42.5 Å². The first-order chi connectivity index (χ1) is 12.8. The molecule has 1 rings (SSSR count). The van der Waals surface area contributed by atoms with Crippen LogP contribution >= 0.6 is 0 Å². The molecule has 1 aromatic rings. The summed E-state index contributed by atoms with van der Waals surface area (Å²) in [6.07, 6.45) is 20.1. The second-order valence-corrected chi connectivity index (χ2v) is 7.02. The fourth-order valence-corrected chi connectivity index (χ4v) is 3.12. The molecule has 0 unspecified atom stereocenters. The standard InChI is InChI=1S/C24H38O2/c1-2-26-24(25)22-18-13-11-9-7-5-3-4-6-8-10-12-15-19-23-20-16-14-17-21-23/h3-4,14,16-17,20-21H,2,5-13,15,18-19,22H2,1H3. The van der Waals surface area contributed by atoms with E-state index in [0.29, 0.717) is 13.0 Å². The minimum Gasteiger partial charge on any atom is -0.466 e. The number of esters is 1. The Balaban J connectivity index is 1.79. The first-order valence-electron chi connectivity index (χ1n) is 10.7. The fourth-order valence-electron chi connectivity index (χ4n) is 3.12. The Labute approximate surface area is 161 Å². The van der Waals surface area contributed by atoms with E-state index < -0.39 is 0 Å². The van der Waals surface area contributed by atoms with Gasteiger partial charge in [-0.2, -0.15) is 0 Å². The van der Waals surface area contributed by atoms with E-state index in [1.807, 2.05) is 6.92 Å². The van der Waals surface area contributed by atoms with Gasteiger partial charge in [0.2, 0.25) is 0 Å². The molecule has 2 nitrogen and oxygen atoms in total. The van der Waals surface area contributed by atoms with Gasteiger partial charge in [-0.3, -0.25) is 4.79 Å². The molecule has 0 radical (unpaired) electrons. The molecule has 0 aliphatic carbocycles. The molecule has 26 heavy (non-hydrogen) atoms. The second kappa shape index (κ2) is 16.9. The Morgan fingerprint density at radius 1 is 0.808 bits per heavy atom. The van der Waals surface area contributed by atoms with Gasteiger partial charge in [-0.25, -0.2) is 0 Å². The molecule has 0 saturated heterocycles. The molecule has 1 aromatic carbocycles. The smallest absolute Gasteiger partial charge is 0.305 e. The zero-order valence-electron chi connectivity index (χ0n) is 16.8. The van der Waals surface area contributed by atoms with Crippen molar-refractivity contribution in [3.8, 4) is 0 Å². The van der Waals surface area contributed by atoms with Crippen LogP contribution in [0.15, 0.2) is 42.5 Å². The lowest BCUT2D eigenvalue weighted by Gasteiger charge is -2.02. The molecule has 0 heterocycles. The number of aryl methyl sites for hydroxylation is 1. The van der Waals surface area contributed by atoms with Crippen molar-refractivity contribution in [2.24, 2.45) is 0 Å². The van der Waals surface area contributed by atoms with Crippen LogP contribution in [-0.2, 0) is 16.0 Å². The number of carbonyl (C=O) groups is 1. The molecule has 146 valence electrons. The van der Waals surface area contributed by atoms with Gasteiger partial charge in [0.25, 0.3) is 0 Å². The summed E-state index contributed by atoms with van der Waals surface area (Å²) in [6.45, 7) is 2.36. The van der Waals surface area contributed by atoms with Crippen molar-refractivity contribution in [1.29, 1.82) is 0 Å². The molecule has 0 amide bonds. The van der Waals surface area contributed by atoms with Gasteiger partial charge in [0.1, 0.15) is 0 Å². The molecule has 0 aromatic heterocycles. The normalized spacial score (nSPS) is 11.1. The molecule has 0 atom stereocenters. The van der Waals surface area contributed by atoms with Gasteiger partial charge in [0, 0.05) is 6.42 Å². The zero-order valence-corrected chi connectivity index (χ0v) is 16.8. The van der Waals surface area contributed by atoms with Crippen molar-refractivity contribution in [2.45, 2.75) is 90.4 Å². The van der Waals surface area contributed by atoms with Gasteiger partial charge in [-0.05, 0) is 57.4 Å². The maximum atomic E-state index is 11.2. The van der Waals surface area contributed by atoms with E-state index >= 15 is 0 Å². The molecular weight excluding hydrogens is 320 g/mol. The predicted octanol–water partition coefficient (Wildman–Crippen LogP) is 7.03. The van der Waals surface area contributed by atoms with E-state index in [-0.39, 0.29) is 5.97 Å². The minimum absolute atomic E-state index is 0.0458. The number of hydrogen-bond donors (Lipinski definition) is 0. The van der Waals surface area contributed by atoms with Crippen LogP contribution in [0.1, 0.15) is 89.5 Å². The van der Waals surface area contributed by atoms with Gasteiger partial charge in [-0.1, -0.05) is 74.6 Å². The molecule has 0 aliphatic heterocycles. The topological polar surface area (TPSA) is 26.3 Å². The average Bonchev–Trinajstić information content (AvgIpc) is 2.66. The SMILES string of the molecule is CCOC(=O)CCCCCCCC=CCCCCCCc1ccccc1. The maximum Gasteiger partial charge on any atom is 0.305 e. The summed E-state index contributed by atoms with van der Waals surface area (Å²) in [6, 6.07) is 10.8. The predicted molar refractivity (Wildman–Crippen MR) is 111 cm³/mol. The van der Waals surface area contributed by atoms with E-state index in [0.717, 1.165) is 12.8 Å². The highest BCUT2D eigenvalue weighted by Gasteiger charge is 2.00. The van der Waals surface area contributed by atoms with Crippen LogP contribution in [0.2, 0.25) is 0 Å². The van der Waals surface area contributed by atoms with Gasteiger partial charge in [0.15, 0.2) is 0 Å². The Bertz CT molecular complexity index is 464. The molecule has 2 heteroatoms. The van der Waals surface area contributed by atoms with Crippen LogP contribution in [0, 0.1) is 0 Å². The highest BCUT2D eigenvalue weighted by Crippen LogP contribution is 2.10. The third kappa shape index (κ3) is 13.7. The summed E-state index contributed by atoms with van der Waals surface area (Å²) in [5.41, 5.74) is 1.47. The van der Waals surface area contributed by atoms with Crippen LogP contribution in [-0.4, -0.2) is 12.6 Å². The average molecular weight is 359 g/mol. The molecule has 0 fully saturated rings. The lowest BCUT2D eigenvalue weighted by Crippen LogP contribution is -2.03. The largest absolute Gasteiger partial charge is 0.466 e. The Morgan fingerprint density at radius 3 is 2.04 bits per heavy atom. The Kier molecular flexibility index (Phi) is 14.6. The number of rotatable bonds is 16. The quantitative estimate of drug-likeness (QED) is 0.180. The van der Waals surface area contributed by atoms with Crippen molar-refractivity contribution in [3.05, 3.63) is 48.0 Å². The van der Waals surface area contributed by atoms with Crippen molar-refractivity contribution in [3.63, 3.8) is 0 Å². The fraction of sp³-hybridized carbons (Fsp3) is 0.625. The molecule has 0 N–H and O–H groups in total. The third-order valence-electron chi connectivity index (χ3n) is 4.65. The first-order valence-corrected chi connectivity index (χ1v) is 10.7. The highest BCUT2D eigenvalue weighted by atomic mass is 16.5. The van der Waals surface area contributed by atoms with Crippen LogP contribution in [0.25, 0.3) is 0 Å². The number of carbonyl (C=O) groups excluding carboxylic acids is 1. The summed E-state index contributed by atoms with van der Waals surface area (Å²) in [5.74, 6) is -0.0458. The molecular formula is C24H38O2. The Morgan fingerprint density at radius 2 is 1.38 bits per heavy atom. The van der Waals surface area contributed by atoms with Gasteiger partial charge < -0.3 is 4.74 Å². The van der Waals surface area contributed by atoms with Crippen molar-refractivity contribution < 1.29 is 9.53 Å². The van der Waals surface area contributed by atoms with Crippen molar-refractivity contribution in [1.82, 2.24) is 0 Å². The van der Waals surface area contributed by atoms with Crippen molar-refractivity contribution in [2.75, 3.05) is 6.61 Å². The lowest BCUT2D eigenvalue weighted by atomic mass is 10.1. The van der Waals surface area contributed by atoms with Crippen LogP contribution in [0.4, 0.5) is 0 Å². The summed E-state index contributed by atoms with van der Waals surface area (Å²) >= 11 is 0. The van der Waals surface area contributed by atoms with Crippen molar-refractivity contribution >= 4 is 5.97 Å². The summed E-state index contributed by atoms with van der Waals surface area (Å²) < 4.78 is 4.93. The maximum absolute atomic E-state index is 11.2. The second-order valence-electron chi connectivity index (χ2n) is 7.02. The summed E-state index contributed by atoms with van der Waals surface area (Å²) in [4.78, 5) is 11.2. The van der Waals surface area contributed by atoms with Crippen LogP contribution in [0.5, 0.6) is 0 Å². The van der Waals surface area contributed by atoms with E-state index in [1.165, 1.54) is 69.8 Å². The number of ether oxygens (including phenoxy) is 1. The number of unbranched alkanes of at least 4 members (excludes halogenated alkanes) is 9. The van der Waals surface area contributed by atoms with Gasteiger partial charge in [0.05, 0.1) is 6.61 Å². The highest BCUT2D eigenvalue weighted by molar-refractivity contribution is 5.69. The van der Waals surface area contributed by atoms with E-state index in [9.17, 15) is 4.79 Å². The van der Waals surface area contributed by atoms with E-state index in [1.54, 1.807) is 0 Å². The summed E-state index contributed by atoms with van der Waals surface area (Å²) in [7, 11) is 0. The number of allylic oxidation sites excluding steroid dienone is 2.